The van der Waals surface area contributed by atoms with E-state index in [9.17, 15) is 9.59 Å². The number of aliphatic imine (C=N–C) groups is 2. The molecule has 0 aromatic rings. The van der Waals surface area contributed by atoms with Gasteiger partial charge in [-0.1, -0.05) is 45.4 Å². The Labute approximate surface area is 127 Å². The second-order valence-corrected chi connectivity index (χ2v) is 6.96. The lowest BCUT2D eigenvalue weighted by Crippen LogP contribution is -2.42. The van der Waals surface area contributed by atoms with Crippen LogP contribution in [-0.2, 0) is 9.59 Å². The van der Waals surface area contributed by atoms with Crippen LogP contribution >= 0.6 is 0 Å². The van der Waals surface area contributed by atoms with Gasteiger partial charge in [-0.3, -0.25) is 0 Å². The summed E-state index contributed by atoms with van der Waals surface area (Å²) in [5, 5.41) is 0. The highest BCUT2D eigenvalue weighted by molar-refractivity contribution is 5.36. The molecule has 0 N–H and O–H groups in total. The largest absolute Gasteiger partial charge is 0.235 e. The number of rotatable bonds is 5. The molecule has 4 nitrogen and oxygen atoms in total. The van der Waals surface area contributed by atoms with Crippen molar-refractivity contribution >= 4 is 12.2 Å². The molecule has 0 saturated heterocycles. The molecule has 116 valence electrons. The third-order valence-electron chi connectivity index (χ3n) is 5.66. The fourth-order valence-corrected chi connectivity index (χ4v) is 4.40. The van der Waals surface area contributed by atoms with Crippen LogP contribution in [0.15, 0.2) is 9.98 Å². The number of hydrogen-bond donors (Lipinski definition) is 0. The Bertz CT molecular complexity index is 436. The van der Waals surface area contributed by atoms with E-state index in [1.54, 1.807) is 6.08 Å². The summed E-state index contributed by atoms with van der Waals surface area (Å²) in [6.07, 6.45) is 15.3. The third-order valence-corrected chi connectivity index (χ3v) is 5.66. The first-order valence-electron chi connectivity index (χ1n) is 8.34. The van der Waals surface area contributed by atoms with E-state index >= 15 is 0 Å². The number of nitrogens with zero attached hydrogens (tertiary/aromatic N) is 2. The minimum Gasteiger partial charge on any atom is -0.211 e. The van der Waals surface area contributed by atoms with Crippen LogP contribution in [0.3, 0.4) is 0 Å². The molecule has 2 aliphatic rings. The Balaban J connectivity index is 2.17. The molecule has 1 unspecified atom stereocenters. The first kappa shape index (κ1) is 16.1. The molecule has 0 amide bonds. The fourth-order valence-electron chi connectivity index (χ4n) is 4.40. The maximum Gasteiger partial charge on any atom is 0.235 e. The van der Waals surface area contributed by atoms with Gasteiger partial charge in [0.1, 0.15) is 0 Å². The number of isocyanates is 2. The molecule has 0 spiro atoms. The summed E-state index contributed by atoms with van der Waals surface area (Å²) >= 11 is 0. The second kappa shape index (κ2) is 7.15. The summed E-state index contributed by atoms with van der Waals surface area (Å²) < 4.78 is 0. The predicted octanol–water partition coefficient (Wildman–Crippen LogP) is 4.09. The summed E-state index contributed by atoms with van der Waals surface area (Å²) in [5.41, 5.74) is -0.537. The van der Waals surface area contributed by atoms with E-state index in [1.807, 2.05) is 6.08 Å². The first-order chi connectivity index (χ1) is 10.2. The fraction of sp³-hybridized carbons (Fsp3) is 0.882. The lowest BCUT2D eigenvalue weighted by molar-refractivity contribution is 0.152. The molecule has 21 heavy (non-hydrogen) atoms. The van der Waals surface area contributed by atoms with Gasteiger partial charge >= 0.3 is 0 Å². The Hall–Kier alpha value is -1.24. The molecule has 2 saturated carbocycles. The first-order valence-corrected chi connectivity index (χ1v) is 8.34. The quantitative estimate of drug-likeness (QED) is 0.565. The third kappa shape index (κ3) is 3.70. The lowest BCUT2D eigenvalue weighted by Gasteiger charge is -2.42. The van der Waals surface area contributed by atoms with Crippen molar-refractivity contribution in [2.45, 2.75) is 88.6 Å². The van der Waals surface area contributed by atoms with Crippen molar-refractivity contribution in [1.29, 1.82) is 0 Å². The molecule has 0 aromatic carbocycles. The van der Waals surface area contributed by atoms with E-state index in [2.05, 4.69) is 16.9 Å². The van der Waals surface area contributed by atoms with Crippen molar-refractivity contribution in [3.8, 4) is 0 Å². The van der Waals surface area contributed by atoms with E-state index < -0.39 is 0 Å². The molecule has 0 radical (unpaired) electrons. The SMILES string of the molecule is CC(CC1(N=C=O)CCCCC1)C1(N=C=O)CCCCC1. The molecule has 4 heteroatoms. The van der Waals surface area contributed by atoms with Gasteiger partial charge in [-0.05, 0) is 38.0 Å². The van der Waals surface area contributed by atoms with Gasteiger partial charge < -0.3 is 0 Å². The molecule has 0 heterocycles. The van der Waals surface area contributed by atoms with Crippen LogP contribution in [0.4, 0.5) is 0 Å². The predicted molar refractivity (Wildman–Crippen MR) is 81.7 cm³/mol. The van der Waals surface area contributed by atoms with E-state index in [-0.39, 0.29) is 17.0 Å². The van der Waals surface area contributed by atoms with Crippen LogP contribution in [0.2, 0.25) is 0 Å². The monoisotopic (exact) mass is 290 g/mol. The van der Waals surface area contributed by atoms with Gasteiger partial charge in [0.15, 0.2) is 0 Å². The topological polar surface area (TPSA) is 58.9 Å². The van der Waals surface area contributed by atoms with Crippen LogP contribution in [0.1, 0.15) is 77.6 Å². The molecule has 1 atom stereocenters. The summed E-state index contributed by atoms with van der Waals surface area (Å²) in [6.45, 7) is 2.17. The highest BCUT2D eigenvalue weighted by Crippen LogP contribution is 2.44. The van der Waals surface area contributed by atoms with Crippen molar-refractivity contribution in [2.75, 3.05) is 0 Å². The highest BCUT2D eigenvalue weighted by atomic mass is 16.1. The Morgan fingerprint density at radius 1 is 0.857 bits per heavy atom. The standard InChI is InChI=1S/C17H26N2O2/c1-15(17(19-14-21)10-6-3-7-11-17)12-16(18-13-20)8-4-2-5-9-16/h15H,2-12H2,1H3. The van der Waals surface area contributed by atoms with Crippen molar-refractivity contribution in [3.63, 3.8) is 0 Å². The smallest absolute Gasteiger partial charge is 0.211 e. The van der Waals surface area contributed by atoms with Gasteiger partial charge in [-0.25, -0.2) is 9.59 Å². The Morgan fingerprint density at radius 2 is 1.38 bits per heavy atom. The van der Waals surface area contributed by atoms with E-state index in [0.717, 1.165) is 57.8 Å². The average molecular weight is 290 g/mol. The van der Waals surface area contributed by atoms with Crippen molar-refractivity contribution in [2.24, 2.45) is 15.9 Å². The van der Waals surface area contributed by atoms with E-state index in [0.29, 0.717) is 0 Å². The molecular formula is C17H26N2O2. The van der Waals surface area contributed by atoms with Crippen LogP contribution in [0, 0.1) is 5.92 Å². The van der Waals surface area contributed by atoms with Crippen molar-refractivity contribution in [3.05, 3.63) is 0 Å². The van der Waals surface area contributed by atoms with Gasteiger partial charge in [-0.15, -0.1) is 0 Å². The van der Waals surface area contributed by atoms with Crippen LogP contribution in [-0.4, -0.2) is 23.2 Å². The molecule has 2 aliphatic carbocycles. The number of carbonyl (C=O) groups excluding carboxylic acids is 2. The Morgan fingerprint density at radius 3 is 1.90 bits per heavy atom. The maximum absolute atomic E-state index is 10.9. The zero-order valence-electron chi connectivity index (χ0n) is 13.1. The molecule has 0 aliphatic heterocycles. The van der Waals surface area contributed by atoms with Crippen LogP contribution in [0.5, 0.6) is 0 Å². The van der Waals surface area contributed by atoms with Crippen LogP contribution in [0.25, 0.3) is 0 Å². The minimum absolute atomic E-state index is 0.259. The molecule has 2 fully saturated rings. The van der Waals surface area contributed by atoms with Gasteiger partial charge in [0.2, 0.25) is 12.2 Å². The van der Waals surface area contributed by atoms with Gasteiger partial charge in [0.05, 0.1) is 11.1 Å². The zero-order valence-corrected chi connectivity index (χ0v) is 13.1. The van der Waals surface area contributed by atoms with E-state index in [1.165, 1.54) is 12.8 Å². The highest BCUT2D eigenvalue weighted by Gasteiger charge is 2.43. The second-order valence-electron chi connectivity index (χ2n) is 6.96. The molecule has 0 bridgehead atoms. The van der Waals surface area contributed by atoms with Gasteiger partial charge in [-0.2, -0.15) is 9.98 Å². The summed E-state index contributed by atoms with van der Waals surface area (Å²) in [7, 11) is 0. The number of hydrogen-bond acceptors (Lipinski definition) is 4. The lowest BCUT2D eigenvalue weighted by atomic mass is 9.67. The van der Waals surface area contributed by atoms with E-state index in [4.69, 9.17) is 0 Å². The minimum atomic E-state index is -0.275. The zero-order chi connectivity index (χ0) is 15.2. The molecular weight excluding hydrogens is 264 g/mol. The van der Waals surface area contributed by atoms with Crippen molar-refractivity contribution in [1.82, 2.24) is 0 Å². The molecule has 0 aromatic heterocycles. The Kier molecular flexibility index (Phi) is 5.50. The van der Waals surface area contributed by atoms with Crippen LogP contribution < -0.4 is 0 Å². The summed E-state index contributed by atoms with van der Waals surface area (Å²) in [4.78, 5) is 30.2. The van der Waals surface area contributed by atoms with Crippen molar-refractivity contribution < 1.29 is 9.59 Å². The summed E-state index contributed by atoms with van der Waals surface area (Å²) in [5.74, 6) is 0.259. The van der Waals surface area contributed by atoms with Gasteiger partial charge in [0.25, 0.3) is 0 Å². The average Bonchev–Trinajstić information content (AvgIpc) is 2.49. The summed E-state index contributed by atoms with van der Waals surface area (Å²) in [6, 6.07) is 0. The molecule has 2 rings (SSSR count). The van der Waals surface area contributed by atoms with Gasteiger partial charge in [0, 0.05) is 0 Å². The normalized spacial score (nSPS) is 25.2. The maximum atomic E-state index is 10.9.